The van der Waals surface area contributed by atoms with Crippen LogP contribution in [0.25, 0.3) is 22.0 Å². The summed E-state index contributed by atoms with van der Waals surface area (Å²) in [6.07, 6.45) is 6.03. The first-order chi connectivity index (χ1) is 21.4. The van der Waals surface area contributed by atoms with E-state index < -0.39 is 17.2 Å². The van der Waals surface area contributed by atoms with Crippen molar-refractivity contribution in [1.29, 1.82) is 0 Å². The first-order valence-electron chi connectivity index (χ1n) is 13.9. The number of amides is 1. The Hall–Kier alpha value is -5.36. The number of hydrogen-bond donors (Lipinski definition) is 1. The van der Waals surface area contributed by atoms with E-state index >= 15 is 0 Å². The summed E-state index contributed by atoms with van der Waals surface area (Å²) in [6.45, 7) is 1.09. The lowest BCUT2D eigenvalue weighted by Gasteiger charge is -2.24. The fourth-order valence-electron chi connectivity index (χ4n) is 4.98. The number of halogens is 1. The number of anilines is 1. The van der Waals surface area contributed by atoms with Gasteiger partial charge in [0.25, 0.3) is 5.91 Å². The zero-order valence-electron chi connectivity index (χ0n) is 24.0. The van der Waals surface area contributed by atoms with E-state index in [9.17, 15) is 14.0 Å². The van der Waals surface area contributed by atoms with Crippen molar-refractivity contribution in [3.63, 3.8) is 0 Å². The molecule has 224 valence electrons. The van der Waals surface area contributed by atoms with Crippen LogP contribution in [0.4, 0.5) is 10.2 Å². The van der Waals surface area contributed by atoms with Crippen LogP contribution in [0.15, 0.2) is 78.0 Å². The maximum Gasteiger partial charge on any atom is 0.281 e. The number of nitrogens with zero attached hydrogens (tertiary/aromatic N) is 4. The molecule has 1 saturated heterocycles. The number of benzene rings is 2. The molecule has 5 aromatic rings. The van der Waals surface area contributed by atoms with Crippen LogP contribution in [-0.2, 0) is 4.74 Å². The molecule has 1 fully saturated rings. The molecule has 0 spiro atoms. The number of nitrogens with one attached hydrogen (secondary N) is 1. The molecule has 0 radical (unpaired) electrons. The molecule has 2 aromatic carbocycles. The van der Waals surface area contributed by atoms with Crippen molar-refractivity contribution in [2.45, 2.75) is 18.9 Å². The summed E-state index contributed by atoms with van der Waals surface area (Å²) >= 11 is 0. The maximum atomic E-state index is 13.6. The van der Waals surface area contributed by atoms with E-state index in [0.717, 1.165) is 0 Å². The number of pyridine rings is 2. The largest absolute Gasteiger partial charge is 0.493 e. The molecular formula is C32H28FN5O6. The number of ether oxygens (including phenoxy) is 4. The van der Waals surface area contributed by atoms with Gasteiger partial charge in [-0.3, -0.25) is 19.3 Å². The minimum atomic E-state index is -0.720. The van der Waals surface area contributed by atoms with Gasteiger partial charge in [-0.1, -0.05) is 12.1 Å². The standard InChI is InChI=1S/C32H28FN5O6/c1-41-27-15-23-25(16-28(27)42-2)34-12-9-26(23)44-22-7-8-29(35-17-22)36-32(40)30-31(39)24(19-3-5-20(33)6-4-19)18-38(37-30)21-10-13-43-14-11-21/h3-9,12,15-18,21H,10-11,13-14H2,1-2H3,(H,35,36,40). The van der Waals surface area contributed by atoms with E-state index in [4.69, 9.17) is 18.9 Å². The molecule has 0 atom stereocenters. The predicted octanol–water partition coefficient (Wildman–Crippen LogP) is 5.41. The number of rotatable bonds is 8. The molecule has 4 heterocycles. The summed E-state index contributed by atoms with van der Waals surface area (Å²) < 4.78 is 37.5. The first-order valence-corrected chi connectivity index (χ1v) is 13.9. The average molecular weight is 598 g/mol. The molecule has 12 heteroatoms. The van der Waals surface area contributed by atoms with Crippen LogP contribution < -0.4 is 25.0 Å². The summed E-state index contributed by atoms with van der Waals surface area (Å²) in [5.41, 5.74) is 0.501. The van der Waals surface area contributed by atoms with Crippen molar-refractivity contribution in [2.75, 3.05) is 32.8 Å². The number of fused-ring (bicyclic) bond motifs is 1. The SMILES string of the molecule is COc1cc2nccc(Oc3ccc(NC(=O)c4nn(C5CCOCC5)cc(-c5ccc(F)cc5)c4=O)nc3)c2cc1OC. The molecule has 6 rings (SSSR count). The minimum Gasteiger partial charge on any atom is -0.493 e. The molecule has 44 heavy (non-hydrogen) atoms. The number of hydrogen-bond acceptors (Lipinski definition) is 9. The number of carbonyl (C=O) groups is 1. The minimum absolute atomic E-state index is 0.0602. The Bertz CT molecular complexity index is 1870. The molecular weight excluding hydrogens is 569 g/mol. The summed E-state index contributed by atoms with van der Waals surface area (Å²) in [4.78, 5) is 35.5. The van der Waals surface area contributed by atoms with E-state index in [1.165, 1.54) is 30.5 Å². The first kappa shape index (κ1) is 28.7. The highest BCUT2D eigenvalue weighted by molar-refractivity contribution is 6.02. The molecule has 0 aliphatic carbocycles. The molecule has 1 aliphatic heterocycles. The smallest absolute Gasteiger partial charge is 0.281 e. The Balaban J connectivity index is 1.26. The van der Waals surface area contributed by atoms with Gasteiger partial charge in [-0.15, -0.1) is 0 Å². The van der Waals surface area contributed by atoms with Gasteiger partial charge in [0.1, 0.15) is 23.1 Å². The van der Waals surface area contributed by atoms with Crippen LogP contribution in [0.2, 0.25) is 0 Å². The number of carbonyl (C=O) groups excluding carboxylic acids is 1. The lowest BCUT2D eigenvalue weighted by molar-refractivity contribution is 0.0655. The highest BCUT2D eigenvalue weighted by Gasteiger charge is 2.23. The topological polar surface area (TPSA) is 127 Å². The molecule has 1 aliphatic rings. The summed E-state index contributed by atoms with van der Waals surface area (Å²) in [7, 11) is 3.10. The van der Waals surface area contributed by atoms with E-state index in [1.807, 2.05) is 0 Å². The molecule has 1 amide bonds. The molecule has 1 N–H and O–H groups in total. The Morgan fingerprint density at radius 1 is 0.977 bits per heavy atom. The Labute approximate surface area is 251 Å². The second-order valence-electron chi connectivity index (χ2n) is 10.0. The van der Waals surface area contributed by atoms with Gasteiger partial charge in [-0.2, -0.15) is 5.10 Å². The fourth-order valence-corrected chi connectivity index (χ4v) is 4.98. The third kappa shape index (κ3) is 5.92. The second kappa shape index (κ2) is 12.5. The van der Waals surface area contributed by atoms with Crippen LogP contribution >= 0.6 is 0 Å². The highest BCUT2D eigenvalue weighted by atomic mass is 19.1. The lowest BCUT2D eigenvalue weighted by atomic mass is 10.1. The Morgan fingerprint density at radius 3 is 2.43 bits per heavy atom. The second-order valence-corrected chi connectivity index (χ2v) is 10.0. The van der Waals surface area contributed by atoms with Gasteiger partial charge in [0, 0.05) is 42.6 Å². The summed E-state index contributed by atoms with van der Waals surface area (Å²) in [5.74, 6) is 1.04. The maximum absolute atomic E-state index is 13.6. The Kier molecular flexibility index (Phi) is 8.15. The van der Waals surface area contributed by atoms with Gasteiger partial charge in [-0.05, 0) is 54.8 Å². The third-order valence-electron chi connectivity index (χ3n) is 7.28. The van der Waals surface area contributed by atoms with Gasteiger partial charge in [0.15, 0.2) is 17.2 Å². The van der Waals surface area contributed by atoms with Crippen molar-refractivity contribution in [3.8, 4) is 34.1 Å². The lowest BCUT2D eigenvalue weighted by Crippen LogP contribution is -2.30. The van der Waals surface area contributed by atoms with E-state index in [-0.39, 0.29) is 23.1 Å². The molecule has 3 aromatic heterocycles. The quantitative estimate of drug-likeness (QED) is 0.250. The average Bonchev–Trinajstić information content (AvgIpc) is 3.06. The van der Waals surface area contributed by atoms with Gasteiger partial charge in [0.2, 0.25) is 5.43 Å². The zero-order chi connectivity index (χ0) is 30.6. The van der Waals surface area contributed by atoms with Crippen molar-refractivity contribution in [3.05, 3.63) is 94.9 Å². The van der Waals surface area contributed by atoms with Gasteiger partial charge < -0.3 is 24.3 Å². The number of aromatic nitrogens is 4. The van der Waals surface area contributed by atoms with E-state index in [2.05, 4.69) is 20.4 Å². The van der Waals surface area contributed by atoms with Crippen LogP contribution in [0.3, 0.4) is 0 Å². The van der Waals surface area contributed by atoms with Crippen molar-refractivity contribution in [1.82, 2.24) is 19.7 Å². The van der Waals surface area contributed by atoms with Crippen LogP contribution in [0.1, 0.15) is 29.4 Å². The Morgan fingerprint density at radius 2 is 1.73 bits per heavy atom. The molecule has 0 unspecified atom stereocenters. The molecule has 11 nitrogen and oxygen atoms in total. The van der Waals surface area contributed by atoms with Crippen LogP contribution in [-0.4, -0.2) is 53.1 Å². The predicted molar refractivity (Wildman–Crippen MR) is 160 cm³/mol. The van der Waals surface area contributed by atoms with Crippen molar-refractivity contribution < 1.29 is 28.1 Å². The third-order valence-corrected chi connectivity index (χ3v) is 7.28. The van der Waals surface area contributed by atoms with Crippen LogP contribution in [0.5, 0.6) is 23.0 Å². The van der Waals surface area contributed by atoms with Gasteiger partial charge in [-0.25, -0.2) is 9.37 Å². The summed E-state index contributed by atoms with van der Waals surface area (Å²) in [5, 5.41) is 7.77. The number of methoxy groups -OCH3 is 2. The van der Waals surface area contributed by atoms with E-state index in [1.54, 1.807) is 61.6 Å². The molecule has 0 bridgehead atoms. The summed E-state index contributed by atoms with van der Waals surface area (Å²) in [6, 6.07) is 13.9. The monoisotopic (exact) mass is 597 g/mol. The van der Waals surface area contributed by atoms with Crippen LogP contribution in [0, 0.1) is 5.82 Å². The van der Waals surface area contributed by atoms with E-state index in [0.29, 0.717) is 65.5 Å². The van der Waals surface area contributed by atoms with Gasteiger partial charge in [0.05, 0.1) is 32.0 Å². The molecule has 0 saturated carbocycles. The zero-order valence-corrected chi connectivity index (χ0v) is 24.0. The normalized spacial score (nSPS) is 13.4. The van der Waals surface area contributed by atoms with Gasteiger partial charge >= 0.3 is 0 Å². The van der Waals surface area contributed by atoms with Crippen molar-refractivity contribution in [2.24, 2.45) is 0 Å². The fraction of sp³-hybridized carbons (Fsp3) is 0.219. The van der Waals surface area contributed by atoms with Crippen molar-refractivity contribution >= 4 is 22.6 Å². The highest BCUT2D eigenvalue weighted by Crippen LogP contribution is 2.36.